The number of carbonyl (C=O) groups is 2. The summed E-state index contributed by atoms with van der Waals surface area (Å²) in [5.41, 5.74) is -0.880. The first-order chi connectivity index (χ1) is 12.7. The van der Waals surface area contributed by atoms with Gasteiger partial charge in [-0.2, -0.15) is 13.2 Å². The highest BCUT2D eigenvalue weighted by Crippen LogP contribution is 2.32. The molecule has 9 heteroatoms. The number of alkyl halides is 3. The molecule has 0 unspecified atom stereocenters. The fraction of sp³-hybridized carbons (Fsp3) is 0.278. The molecule has 0 spiro atoms. The van der Waals surface area contributed by atoms with Crippen molar-refractivity contribution in [2.24, 2.45) is 0 Å². The summed E-state index contributed by atoms with van der Waals surface area (Å²) in [5.74, 6) is -0.866. The normalized spacial score (nSPS) is 17.1. The second-order valence-corrected chi connectivity index (χ2v) is 6.26. The lowest BCUT2D eigenvalue weighted by Crippen LogP contribution is -2.42. The number of anilines is 2. The molecule has 27 heavy (non-hydrogen) atoms. The van der Waals surface area contributed by atoms with Gasteiger partial charge in [-0.3, -0.25) is 14.4 Å². The van der Waals surface area contributed by atoms with Crippen LogP contribution in [0.3, 0.4) is 0 Å². The molecule has 2 aromatic rings. The minimum atomic E-state index is -4.63. The molecule has 1 aliphatic heterocycles. The van der Waals surface area contributed by atoms with Crippen LogP contribution in [-0.4, -0.2) is 22.4 Å². The summed E-state index contributed by atoms with van der Waals surface area (Å²) in [7, 11) is 0. The lowest BCUT2D eigenvalue weighted by molar-refractivity contribution is -0.138. The standard InChI is InChI=1S/C18H16F3N3O3/c1-11-8-15(25)22-13-4-2-3-5-14(13)24(11)17(27)10-23-9-12(18(19,20)21)6-7-16(23)26/h2-7,9,11H,8,10H2,1H3,(H,22,25)/t11-/m1/s1. The summed E-state index contributed by atoms with van der Waals surface area (Å²) >= 11 is 0. The van der Waals surface area contributed by atoms with Gasteiger partial charge in [0.1, 0.15) is 6.54 Å². The molecule has 1 aliphatic rings. The number of benzene rings is 1. The van der Waals surface area contributed by atoms with Crippen LogP contribution in [0, 0.1) is 0 Å². The summed E-state index contributed by atoms with van der Waals surface area (Å²) in [6.07, 6.45) is -3.98. The van der Waals surface area contributed by atoms with Crippen molar-refractivity contribution >= 4 is 23.2 Å². The second-order valence-electron chi connectivity index (χ2n) is 6.26. The molecular formula is C18H16F3N3O3. The molecule has 2 amide bonds. The van der Waals surface area contributed by atoms with Crippen LogP contribution in [0.5, 0.6) is 0 Å². The van der Waals surface area contributed by atoms with E-state index in [2.05, 4.69) is 5.32 Å². The first-order valence-corrected chi connectivity index (χ1v) is 8.15. The lowest BCUT2D eigenvalue weighted by atomic mass is 10.1. The highest BCUT2D eigenvalue weighted by Gasteiger charge is 2.32. The van der Waals surface area contributed by atoms with Crippen molar-refractivity contribution in [2.75, 3.05) is 10.2 Å². The molecule has 2 heterocycles. The van der Waals surface area contributed by atoms with Crippen LogP contribution in [0.15, 0.2) is 47.4 Å². The zero-order valence-corrected chi connectivity index (χ0v) is 14.3. The Morgan fingerprint density at radius 3 is 2.59 bits per heavy atom. The van der Waals surface area contributed by atoms with Crippen molar-refractivity contribution < 1.29 is 22.8 Å². The van der Waals surface area contributed by atoms with Gasteiger partial charge in [-0.25, -0.2) is 0 Å². The first kappa shape index (κ1) is 18.7. The number of rotatable bonds is 2. The van der Waals surface area contributed by atoms with E-state index in [1.165, 1.54) is 4.90 Å². The predicted octanol–water partition coefficient (Wildman–Crippen LogP) is 2.63. The topological polar surface area (TPSA) is 71.4 Å². The Morgan fingerprint density at radius 2 is 1.89 bits per heavy atom. The number of nitrogens with one attached hydrogen (secondary N) is 1. The number of para-hydroxylation sites is 2. The number of aromatic nitrogens is 1. The molecule has 1 atom stereocenters. The monoisotopic (exact) mass is 379 g/mol. The Bertz CT molecular complexity index is 953. The van der Waals surface area contributed by atoms with Crippen LogP contribution in [0.2, 0.25) is 0 Å². The highest BCUT2D eigenvalue weighted by molar-refractivity contribution is 6.04. The van der Waals surface area contributed by atoms with E-state index in [0.717, 1.165) is 10.6 Å². The molecule has 1 aromatic heterocycles. The third-order valence-electron chi connectivity index (χ3n) is 4.24. The van der Waals surface area contributed by atoms with E-state index in [0.29, 0.717) is 23.6 Å². The van der Waals surface area contributed by atoms with E-state index >= 15 is 0 Å². The van der Waals surface area contributed by atoms with E-state index in [1.54, 1.807) is 31.2 Å². The van der Waals surface area contributed by atoms with Crippen molar-refractivity contribution in [2.45, 2.75) is 32.1 Å². The molecule has 142 valence electrons. The Kier molecular flexibility index (Phi) is 4.77. The second kappa shape index (κ2) is 6.90. The Hall–Kier alpha value is -3.10. The number of nitrogens with zero attached hydrogens (tertiary/aromatic N) is 2. The smallest absolute Gasteiger partial charge is 0.324 e. The molecule has 1 N–H and O–H groups in total. The zero-order valence-electron chi connectivity index (χ0n) is 14.3. The maximum Gasteiger partial charge on any atom is 0.417 e. The maximum absolute atomic E-state index is 12.9. The summed E-state index contributed by atoms with van der Waals surface area (Å²) in [5, 5.41) is 2.69. The highest BCUT2D eigenvalue weighted by atomic mass is 19.4. The Balaban J connectivity index is 1.97. The molecule has 1 aromatic carbocycles. The number of halogens is 3. The number of pyridine rings is 1. The quantitative estimate of drug-likeness (QED) is 0.872. The van der Waals surface area contributed by atoms with E-state index in [-0.39, 0.29) is 12.3 Å². The number of amides is 2. The molecule has 0 saturated heterocycles. The zero-order chi connectivity index (χ0) is 19.8. The summed E-state index contributed by atoms with van der Waals surface area (Å²) in [4.78, 5) is 38.1. The van der Waals surface area contributed by atoms with Crippen molar-refractivity contribution in [3.05, 3.63) is 58.5 Å². The lowest BCUT2D eigenvalue weighted by Gasteiger charge is -2.28. The van der Waals surface area contributed by atoms with E-state index in [1.807, 2.05) is 0 Å². The van der Waals surface area contributed by atoms with Gasteiger partial charge in [-0.15, -0.1) is 0 Å². The number of hydrogen-bond donors (Lipinski definition) is 1. The third-order valence-corrected chi connectivity index (χ3v) is 4.24. The third kappa shape index (κ3) is 3.86. The van der Waals surface area contributed by atoms with Gasteiger partial charge >= 0.3 is 6.18 Å². The molecule has 0 radical (unpaired) electrons. The van der Waals surface area contributed by atoms with Crippen LogP contribution in [0.4, 0.5) is 24.5 Å². The van der Waals surface area contributed by atoms with Gasteiger partial charge in [-0.05, 0) is 25.1 Å². The Morgan fingerprint density at radius 1 is 1.19 bits per heavy atom. The van der Waals surface area contributed by atoms with Crippen LogP contribution in [0.1, 0.15) is 18.9 Å². The fourth-order valence-electron chi connectivity index (χ4n) is 3.01. The SMILES string of the molecule is C[C@@H]1CC(=O)Nc2ccccc2N1C(=O)Cn1cc(C(F)(F)F)ccc1=O. The maximum atomic E-state index is 12.9. The van der Waals surface area contributed by atoms with Gasteiger partial charge in [0.05, 0.1) is 16.9 Å². The molecule has 0 aliphatic carbocycles. The number of fused-ring (bicyclic) bond motifs is 1. The van der Waals surface area contributed by atoms with Crippen molar-refractivity contribution in [1.82, 2.24) is 4.57 Å². The molecule has 0 saturated carbocycles. The van der Waals surface area contributed by atoms with E-state index in [4.69, 9.17) is 0 Å². The minimum Gasteiger partial charge on any atom is -0.324 e. The van der Waals surface area contributed by atoms with E-state index in [9.17, 15) is 27.6 Å². The van der Waals surface area contributed by atoms with Gasteiger partial charge in [0.2, 0.25) is 11.8 Å². The van der Waals surface area contributed by atoms with Crippen LogP contribution in [0.25, 0.3) is 0 Å². The number of carbonyl (C=O) groups excluding carboxylic acids is 2. The van der Waals surface area contributed by atoms with E-state index < -0.39 is 35.8 Å². The van der Waals surface area contributed by atoms with Crippen LogP contribution < -0.4 is 15.8 Å². The molecule has 6 nitrogen and oxygen atoms in total. The summed E-state index contributed by atoms with van der Waals surface area (Å²) in [6.45, 7) is 1.09. The van der Waals surface area contributed by atoms with Crippen molar-refractivity contribution in [1.29, 1.82) is 0 Å². The number of hydrogen-bond acceptors (Lipinski definition) is 3. The van der Waals surface area contributed by atoms with Gasteiger partial charge in [0.15, 0.2) is 0 Å². The van der Waals surface area contributed by atoms with Gasteiger partial charge in [-0.1, -0.05) is 12.1 Å². The molecular weight excluding hydrogens is 363 g/mol. The first-order valence-electron chi connectivity index (χ1n) is 8.15. The Labute approximate surface area is 152 Å². The van der Waals surface area contributed by atoms with Crippen molar-refractivity contribution in [3.8, 4) is 0 Å². The molecule has 0 bridgehead atoms. The molecule has 0 fully saturated rings. The van der Waals surface area contributed by atoms with Crippen LogP contribution >= 0.6 is 0 Å². The van der Waals surface area contributed by atoms with Gasteiger partial charge < -0.3 is 14.8 Å². The predicted molar refractivity (Wildman–Crippen MR) is 92.3 cm³/mol. The molecule has 3 rings (SSSR count). The summed E-state index contributed by atoms with van der Waals surface area (Å²) < 4.78 is 39.4. The average Bonchev–Trinajstić information content (AvgIpc) is 2.69. The fourth-order valence-corrected chi connectivity index (χ4v) is 3.01. The van der Waals surface area contributed by atoms with Gasteiger partial charge in [0, 0.05) is 24.7 Å². The summed E-state index contributed by atoms with van der Waals surface area (Å²) in [6, 6.07) is 7.56. The minimum absolute atomic E-state index is 0.0257. The van der Waals surface area contributed by atoms with Gasteiger partial charge in [0.25, 0.3) is 5.56 Å². The van der Waals surface area contributed by atoms with Crippen LogP contribution in [-0.2, 0) is 22.3 Å². The average molecular weight is 379 g/mol. The largest absolute Gasteiger partial charge is 0.417 e. The van der Waals surface area contributed by atoms with Crippen molar-refractivity contribution in [3.63, 3.8) is 0 Å².